The molecule has 6 atom stereocenters. The highest BCUT2D eigenvalue weighted by Gasteiger charge is 2.77. The van der Waals surface area contributed by atoms with Crippen molar-refractivity contribution in [3.05, 3.63) is 12.2 Å². The maximum Gasteiger partial charge on any atom is 0.333 e. The Hall–Kier alpha value is -1.40. The molecule has 0 aromatic carbocycles. The number of rotatable bonds is 8. The van der Waals surface area contributed by atoms with E-state index in [-0.39, 0.29) is 17.8 Å². The van der Waals surface area contributed by atoms with Crippen molar-refractivity contribution in [1.82, 2.24) is 0 Å². The molecule has 1 N–H and O–H groups in total. The lowest BCUT2D eigenvalue weighted by Crippen LogP contribution is -2.59. The van der Waals surface area contributed by atoms with Crippen LogP contribution >= 0.6 is 0 Å². The second-order valence-electron chi connectivity index (χ2n) is 9.41. The van der Waals surface area contributed by atoms with Crippen molar-refractivity contribution < 1.29 is 28.9 Å². The molecular formula is C22H34O6. The third kappa shape index (κ3) is 2.83. The normalized spacial score (nSPS) is 35.0. The van der Waals surface area contributed by atoms with Crippen LogP contribution in [-0.2, 0) is 23.8 Å². The van der Waals surface area contributed by atoms with Crippen LogP contribution in [0, 0.1) is 17.3 Å². The molecule has 1 heterocycles. The summed E-state index contributed by atoms with van der Waals surface area (Å²) in [5.74, 6) is -0.647. The van der Waals surface area contributed by atoms with E-state index in [0.29, 0.717) is 24.8 Å². The van der Waals surface area contributed by atoms with Crippen LogP contribution < -0.4 is 0 Å². The highest BCUT2D eigenvalue weighted by atomic mass is 16.6. The lowest BCUT2D eigenvalue weighted by atomic mass is 9.60. The smallest absolute Gasteiger partial charge is 0.333 e. The summed E-state index contributed by atoms with van der Waals surface area (Å²) in [6.07, 6.45) is 1.38. The summed E-state index contributed by atoms with van der Waals surface area (Å²) in [5, 5.41) is 10.4. The van der Waals surface area contributed by atoms with E-state index in [4.69, 9.17) is 14.2 Å². The monoisotopic (exact) mass is 394 g/mol. The lowest BCUT2D eigenvalue weighted by Gasteiger charge is -2.49. The summed E-state index contributed by atoms with van der Waals surface area (Å²) in [5.41, 5.74) is -2.15. The van der Waals surface area contributed by atoms with Gasteiger partial charge in [-0.25, -0.2) is 4.79 Å². The fourth-order valence-electron chi connectivity index (χ4n) is 5.68. The van der Waals surface area contributed by atoms with Crippen molar-refractivity contribution in [1.29, 1.82) is 0 Å². The van der Waals surface area contributed by atoms with Gasteiger partial charge in [-0.1, -0.05) is 20.4 Å². The van der Waals surface area contributed by atoms with Gasteiger partial charge in [0.25, 0.3) is 0 Å². The second-order valence-corrected chi connectivity index (χ2v) is 9.41. The summed E-state index contributed by atoms with van der Waals surface area (Å²) < 4.78 is 18.0. The third-order valence-electron chi connectivity index (χ3n) is 7.51. The fraction of sp³-hybridized carbons (Fsp3) is 0.818. The molecule has 1 aliphatic heterocycles. The zero-order chi connectivity index (χ0) is 21.1. The Morgan fingerprint density at radius 3 is 2.50 bits per heavy atom. The van der Waals surface area contributed by atoms with Crippen LogP contribution in [0.3, 0.4) is 0 Å². The predicted octanol–water partition coefficient (Wildman–Crippen LogP) is 3.16. The van der Waals surface area contributed by atoms with Crippen LogP contribution in [0.4, 0.5) is 0 Å². The van der Waals surface area contributed by atoms with Crippen molar-refractivity contribution in [3.8, 4) is 0 Å². The van der Waals surface area contributed by atoms with Crippen molar-refractivity contribution in [3.63, 3.8) is 0 Å². The molecular weight excluding hydrogens is 360 g/mol. The summed E-state index contributed by atoms with van der Waals surface area (Å²) in [4.78, 5) is 25.3. The molecule has 6 heteroatoms. The molecule has 0 aromatic rings. The Kier molecular flexibility index (Phi) is 5.20. The van der Waals surface area contributed by atoms with E-state index in [0.717, 1.165) is 6.42 Å². The minimum atomic E-state index is -1.02. The number of aliphatic hydroxyl groups is 1. The van der Waals surface area contributed by atoms with Crippen LogP contribution in [0.1, 0.15) is 67.2 Å². The number of carbonyl (C=O) groups is 2. The molecule has 2 aliphatic carbocycles. The Morgan fingerprint density at radius 1 is 1.39 bits per heavy atom. The maximum atomic E-state index is 13.3. The quantitative estimate of drug-likeness (QED) is 0.503. The van der Waals surface area contributed by atoms with Crippen LogP contribution in [0.5, 0.6) is 0 Å². The van der Waals surface area contributed by atoms with Gasteiger partial charge in [0.2, 0.25) is 0 Å². The zero-order valence-corrected chi connectivity index (χ0v) is 17.9. The highest BCUT2D eigenvalue weighted by Crippen LogP contribution is 2.68. The van der Waals surface area contributed by atoms with Gasteiger partial charge in [0.15, 0.2) is 0 Å². The third-order valence-corrected chi connectivity index (χ3v) is 7.51. The molecule has 6 nitrogen and oxygen atoms in total. The largest absolute Gasteiger partial charge is 0.458 e. The van der Waals surface area contributed by atoms with Gasteiger partial charge in [-0.3, -0.25) is 4.79 Å². The van der Waals surface area contributed by atoms with Crippen LogP contribution in [0.25, 0.3) is 0 Å². The van der Waals surface area contributed by atoms with Crippen molar-refractivity contribution in [2.45, 2.75) is 96.7 Å². The average molecular weight is 395 g/mol. The number of fused-ring (bicyclic) bond motifs is 1. The Bertz CT molecular complexity index is 673. The van der Waals surface area contributed by atoms with E-state index in [1.807, 2.05) is 20.8 Å². The Morgan fingerprint density at radius 2 is 2.00 bits per heavy atom. The maximum absolute atomic E-state index is 13.3. The summed E-state index contributed by atoms with van der Waals surface area (Å²) in [7, 11) is 0. The topological polar surface area (TPSA) is 82.1 Å². The number of hydrogen-bond donors (Lipinski definition) is 1. The first-order valence-electron chi connectivity index (χ1n) is 10.4. The first kappa shape index (κ1) is 21.3. The van der Waals surface area contributed by atoms with E-state index < -0.39 is 40.9 Å². The molecule has 158 valence electrons. The Balaban J connectivity index is 1.93. The zero-order valence-electron chi connectivity index (χ0n) is 17.9. The molecule has 3 rings (SSSR count). The molecule has 0 radical (unpaired) electrons. The predicted molar refractivity (Wildman–Crippen MR) is 103 cm³/mol. The first-order valence-corrected chi connectivity index (χ1v) is 10.4. The molecule has 0 aromatic heterocycles. The van der Waals surface area contributed by atoms with Gasteiger partial charge in [0, 0.05) is 17.4 Å². The molecule has 28 heavy (non-hydrogen) atoms. The number of esters is 2. The lowest BCUT2D eigenvalue weighted by molar-refractivity contribution is -0.217. The summed E-state index contributed by atoms with van der Waals surface area (Å²) >= 11 is 0. The van der Waals surface area contributed by atoms with Gasteiger partial charge < -0.3 is 19.3 Å². The van der Waals surface area contributed by atoms with Gasteiger partial charge in [-0.2, -0.15) is 0 Å². The Labute approximate surface area is 167 Å². The molecule has 3 aliphatic rings. The minimum absolute atomic E-state index is 0.0400. The van der Waals surface area contributed by atoms with Crippen molar-refractivity contribution in [2.24, 2.45) is 17.3 Å². The number of carbonyl (C=O) groups excluding carboxylic acids is 2. The van der Waals surface area contributed by atoms with Crippen LogP contribution in [0.15, 0.2) is 12.2 Å². The average Bonchev–Trinajstić information content (AvgIpc) is 3.21. The van der Waals surface area contributed by atoms with Gasteiger partial charge in [0.05, 0.1) is 17.3 Å². The molecule has 1 saturated heterocycles. The SMILES string of the molecule is C=C(C)C(=O)OC1C2CC3C1OC(=O)C3(C(CC)(CC)OC(C)C(C)(C)O)C2. The molecule has 0 amide bonds. The molecule has 2 bridgehead atoms. The second kappa shape index (κ2) is 6.84. The summed E-state index contributed by atoms with van der Waals surface area (Å²) in [6, 6.07) is 0. The van der Waals surface area contributed by atoms with E-state index in [9.17, 15) is 14.7 Å². The molecule has 6 unspecified atom stereocenters. The van der Waals surface area contributed by atoms with Gasteiger partial charge in [-0.05, 0) is 53.4 Å². The van der Waals surface area contributed by atoms with E-state index >= 15 is 0 Å². The van der Waals surface area contributed by atoms with E-state index in [1.165, 1.54) is 0 Å². The van der Waals surface area contributed by atoms with E-state index in [1.54, 1.807) is 20.8 Å². The van der Waals surface area contributed by atoms with E-state index in [2.05, 4.69) is 6.58 Å². The van der Waals surface area contributed by atoms with Crippen LogP contribution in [0.2, 0.25) is 0 Å². The standard InChI is InChI=1S/C22H34O6/c1-8-21(9-2,28-13(5)20(6,7)25)22-11-14-10-15(22)17(27-19(22)24)16(14)26-18(23)12(3)4/h13-17,25H,3,8-11H2,1-2,4-7H3. The van der Waals surface area contributed by atoms with Gasteiger partial charge >= 0.3 is 11.9 Å². The first-order chi connectivity index (χ1) is 12.9. The van der Waals surface area contributed by atoms with Crippen molar-refractivity contribution >= 4 is 11.9 Å². The number of ether oxygens (including phenoxy) is 3. The van der Waals surface area contributed by atoms with Gasteiger partial charge in [0.1, 0.15) is 17.6 Å². The van der Waals surface area contributed by atoms with Crippen molar-refractivity contribution in [2.75, 3.05) is 0 Å². The molecule has 0 spiro atoms. The van der Waals surface area contributed by atoms with Gasteiger partial charge in [-0.15, -0.1) is 0 Å². The summed E-state index contributed by atoms with van der Waals surface area (Å²) in [6.45, 7) is 14.6. The highest BCUT2D eigenvalue weighted by molar-refractivity contribution is 5.87. The van der Waals surface area contributed by atoms with Crippen LogP contribution in [-0.4, -0.2) is 46.6 Å². The molecule has 3 fully saturated rings. The fourth-order valence-corrected chi connectivity index (χ4v) is 5.68. The molecule has 2 saturated carbocycles. The minimum Gasteiger partial charge on any atom is -0.458 e. The number of hydrogen-bond acceptors (Lipinski definition) is 6.